The number of rotatable bonds is 8. The van der Waals surface area contributed by atoms with Crippen LogP contribution in [-0.2, 0) is 9.47 Å². The highest BCUT2D eigenvalue weighted by molar-refractivity contribution is 14.0. The van der Waals surface area contributed by atoms with Gasteiger partial charge in [0.15, 0.2) is 5.96 Å². The van der Waals surface area contributed by atoms with Crippen LogP contribution in [0.5, 0.6) is 0 Å². The summed E-state index contributed by atoms with van der Waals surface area (Å²) in [6, 6.07) is 10.8. The molecule has 0 spiro atoms. The molecule has 5 nitrogen and oxygen atoms in total. The Morgan fingerprint density at radius 3 is 2.61 bits per heavy atom. The molecule has 1 aromatic rings. The van der Waals surface area contributed by atoms with Crippen molar-refractivity contribution in [2.24, 2.45) is 4.99 Å². The van der Waals surface area contributed by atoms with E-state index in [-0.39, 0.29) is 24.0 Å². The number of aliphatic imine (C=N–C) groups is 1. The molecule has 1 N–H and O–H groups in total. The van der Waals surface area contributed by atoms with E-state index in [9.17, 15) is 0 Å². The van der Waals surface area contributed by atoms with Gasteiger partial charge in [0.1, 0.15) is 0 Å². The van der Waals surface area contributed by atoms with Gasteiger partial charge < -0.3 is 19.7 Å². The Balaban J connectivity index is 0.00000272. The fourth-order valence-corrected chi connectivity index (χ4v) is 5.46. The average Bonchev–Trinajstić information content (AvgIpc) is 3.56. The maximum Gasteiger partial charge on any atom is 0.193 e. The number of piperidine rings is 1. The molecule has 174 valence electrons. The predicted molar refractivity (Wildman–Crippen MR) is 140 cm³/mol. The second-order valence-electron chi connectivity index (χ2n) is 8.78. The van der Waals surface area contributed by atoms with Crippen LogP contribution in [0.4, 0.5) is 0 Å². The lowest BCUT2D eigenvalue weighted by Crippen LogP contribution is -2.47. The minimum absolute atomic E-state index is 0. The molecule has 1 aliphatic carbocycles. The minimum atomic E-state index is 0. The van der Waals surface area contributed by atoms with E-state index in [1.165, 1.54) is 30.6 Å². The fraction of sp³-hybridized carbons (Fsp3) is 0.708. The zero-order chi connectivity index (χ0) is 20.7. The van der Waals surface area contributed by atoms with E-state index in [2.05, 4.69) is 47.5 Å². The molecule has 1 aromatic carbocycles. The lowest BCUT2D eigenvalue weighted by molar-refractivity contribution is -0.0721. The molecule has 0 bridgehead atoms. The number of likely N-dealkylation sites (tertiary alicyclic amines) is 1. The van der Waals surface area contributed by atoms with Crippen LogP contribution in [0.2, 0.25) is 0 Å². The third kappa shape index (κ3) is 7.79. The molecule has 1 saturated carbocycles. The maximum atomic E-state index is 6.19. The maximum absolute atomic E-state index is 6.19. The van der Waals surface area contributed by atoms with Crippen molar-refractivity contribution in [1.29, 1.82) is 0 Å². The normalized spacial score (nSPS) is 23.8. The number of hydrogen-bond donors (Lipinski definition) is 1. The number of nitrogens with zero attached hydrogens (tertiary/aromatic N) is 2. The number of nitrogens with one attached hydrogen (secondary N) is 1. The molecule has 4 rings (SSSR count). The highest BCUT2D eigenvalue weighted by Gasteiger charge is 2.43. The van der Waals surface area contributed by atoms with Crippen LogP contribution in [0, 0.1) is 0 Å². The SMILES string of the molecule is CCNC(=NCC1(Sc2ccccc2)CC1)N1CCC(OCC2CCCCO2)CC1.I. The Morgan fingerprint density at radius 1 is 1.19 bits per heavy atom. The van der Waals surface area contributed by atoms with Crippen molar-refractivity contribution in [3.8, 4) is 0 Å². The van der Waals surface area contributed by atoms with E-state index >= 15 is 0 Å². The molecule has 1 unspecified atom stereocenters. The van der Waals surface area contributed by atoms with Crippen molar-refractivity contribution < 1.29 is 9.47 Å². The Morgan fingerprint density at radius 2 is 1.97 bits per heavy atom. The second kappa shape index (κ2) is 12.7. The number of ether oxygens (including phenoxy) is 2. The lowest BCUT2D eigenvalue weighted by Gasteiger charge is -2.35. The number of benzene rings is 1. The summed E-state index contributed by atoms with van der Waals surface area (Å²) in [6.45, 7) is 7.65. The number of hydrogen-bond acceptors (Lipinski definition) is 4. The van der Waals surface area contributed by atoms with E-state index in [0.29, 0.717) is 17.0 Å². The number of guanidine groups is 1. The Labute approximate surface area is 209 Å². The zero-order valence-corrected chi connectivity index (χ0v) is 21.9. The summed E-state index contributed by atoms with van der Waals surface area (Å²) < 4.78 is 12.3. The van der Waals surface area contributed by atoms with Crippen LogP contribution in [-0.4, -0.2) is 67.2 Å². The minimum Gasteiger partial charge on any atom is -0.376 e. The van der Waals surface area contributed by atoms with E-state index in [1.54, 1.807) is 0 Å². The number of halogens is 1. The van der Waals surface area contributed by atoms with Crippen molar-refractivity contribution in [2.75, 3.05) is 39.4 Å². The summed E-state index contributed by atoms with van der Waals surface area (Å²) in [7, 11) is 0. The van der Waals surface area contributed by atoms with E-state index in [4.69, 9.17) is 14.5 Å². The molecule has 7 heteroatoms. The topological polar surface area (TPSA) is 46.1 Å². The predicted octanol–water partition coefficient (Wildman–Crippen LogP) is 4.94. The third-order valence-electron chi connectivity index (χ3n) is 6.27. The molecule has 31 heavy (non-hydrogen) atoms. The first-order valence-corrected chi connectivity index (χ1v) is 12.6. The van der Waals surface area contributed by atoms with Crippen LogP contribution in [0.1, 0.15) is 51.9 Å². The largest absolute Gasteiger partial charge is 0.376 e. The molecule has 1 atom stereocenters. The quantitative estimate of drug-likeness (QED) is 0.278. The standard InChI is InChI=1S/C24H37N3O2S.HI/c1-2-25-23(26-19-24(13-14-24)30-22-9-4-3-5-10-22)27-15-11-20(12-16-27)29-18-21-8-6-7-17-28-21;/h3-5,9-10,20-21H,2,6-8,11-19H2,1H3,(H,25,26);1H. The van der Waals surface area contributed by atoms with Gasteiger partial charge in [0.05, 0.1) is 25.4 Å². The van der Waals surface area contributed by atoms with Gasteiger partial charge in [0, 0.05) is 35.9 Å². The summed E-state index contributed by atoms with van der Waals surface area (Å²) in [5.74, 6) is 1.08. The summed E-state index contributed by atoms with van der Waals surface area (Å²) >= 11 is 2.00. The van der Waals surface area contributed by atoms with E-state index in [1.807, 2.05) is 11.8 Å². The van der Waals surface area contributed by atoms with Gasteiger partial charge in [-0.1, -0.05) is 18.2 Å². The highest BCUT2D eigenvalue weighted by atomic mass is 127. The summed E-state index contributed by atoms with van der Waals surface area (Å²) in [5.41, 5.74) is 0. The third-order valence-corrected chi connectivity index (χ3v) is 7.75. The Hall–Kier alpha value is -0.510. The lowest BCUT2D eigenvalue weighted by atomic mass is 10.1. The fourth-order valence-electron chi connectivity index (χ4n) is 4.23. The van der Waals surface area contributed by atoms with Crippen LogP contribution >= 0.6 is 35.7 Å². The average molecular weight is 560 g/mol. The molecular weight excluding hydrogens is 521 g/mol. The first-order valence-electron chi connectivity index (χ1n) is 11.8. The molecule has 0 amide bonds. The van der Waals surface area contributed by atoms with Crippen LogP contribution in [0.3, 0.4) is 0 Å². The van der Waals surface area contributed by atoms with Crippen molar-refractivity contribution in [1.82, 2.24) is 10.2 Å². The summed E-state index contributed by atoms with van der Waals surface area (Å²) in [4.78, 5) is 8.84. The van der Waals surface area contributed by atoms with Crippen LogP contribution in [0.25, 0.3) is 0 Å². The van der Waals surface area contributed by atoms with Gasteiger partial charge in [0.25, 0.3) is 0 Å². The monoisotopic (exact) mass is 559 g/mol. The Bertz CT molecular complexity index is 673. The van der Waals surface area contributed by atoms with Crippen molar-refractivity contribution in [3.63, 3.8) is 0 Å². The van der Waals surface area contributed by atoms with Gasteiger partial charge in [0.2, 0.25) is 0 Å². The Kier molecular flexibility index (Phi) is 10.3. The summed E-state index contributed by atoms with van der Waals surface area (Å²) in [6.07, 6.45) is 8.96. The zero-order valence-electron chi connectivity index (χ0n) is 18.8. The first-order chi connectivity index (χ1) is 14.8. The van der Waals surface area contributed by atoms with Crippen LogP contribution in [0.15, 0.2) is 40.2 Å². The highest BCUT2D eigenvalue weighted by Crippen LogP contribution is 2.51. The molecule has 2 saturated heterocycles. The molecule has 0 radical (unpaired) electrons. The van der Waals surface area contributed by atoms with Crippen molar-refractivity contribution in [3.05, 3.63) is 30.3 Å². The van der Waals surface area contributed by atoms with Crippen molar-refractivity contribution in [2.45, 2.75) is 73.7 Å². The molecular formula is C24H38IN3O2S. The second-order valence-corrected chi connectivity index (χ2v) is 10.3. The molecule has 3 aliphatic rings. The summed E-state index contributed by atoms with van der Waals surface area (Å²) in [5, 5.41) is 3.52. The number of thioether (sulfide) groups is 1. The van der Waals surface area contributed by atoms with Gasteiger partial charge in [-0.15, -0.1) is 35.7 Å². The first kappa shape index (κ1) is 25.1. The van der Waals surface area contributed by atoms with E-state index < -0.39 is 0 Å². The molecule has 2 aliphatic heterocycles. The van der Waals surface area contributed by atoms with Gasteiger partial charge in [-0.3, -0.25) is 4.99 Å². The molecule has 0 aromatic heterocycles. The van der Waals surface area contributed by atoms with Gasteiger partial charge >= 0.3 is 0 Å². The molecule has 3 fully saturated rings. The van der Waals surface area contributed by atoms with Gasteiger partial charge in [-0.2, -0.15) is 0 Å². The van der Waals surface area contributed by atoms with Gasteiger partial charge in [-0.05, 0) is 64.0 Å². The van der Waals surface area contributed by atoms with Gasteiger partial charge in [-0.25, -0.2) is 0 Å². The smallest absolute Gasteiger partial charge is 0.193 e. The van der Waals surface area contributed by atoms with E-state index in [0.717, 1.165) is 64.6 Å². The van der Waals surface area contributed by atoms with Crippen molar-refractivity contribution >= 4 is 41.7 Å². The van der Waals surface area contributed by atoms with Crippen LogP contribution < -0.4 is 5.32 Å². The molecule has 2 heterocycles.